The Morgan fingerprint density at radius 2 is 0.850 bits per heavy atom. The summed E-state index contributed by atoms with van der Waals surface area (Å²) in [6, 6.07) is 52.1. The van der Waals surface area contributed by atoms with Gasteiger partial charge in [-0.15, -0.1) is 0 Å². The lowest BCUT2D eigenvalue weighted by molar-refractivity contribution is 1.18. The molecular weight excluding hydrogens is 486 g/mol. The Hall–Kier alpha value is -5.41. The smallest absolute Gasteiger partial charge is 0.160 e. The molecule has 188 valence electrons. The Balaban J connectivity index is 1.25. The van der Waals surface area contributed by atoms with Crippen molar-refractivity contribution in [2.24, 2.45) is 0 Å². The summed E-state index contributed by atoms with van der Waals surface area (Å²) in [7, 11) is 0. The summed E-state index contributed by atoms with van der Waals surface area (Å²) < 4.78 is 0. The summed E-state index contributed by atoms with van der Waals surface area (Å²) in [5.74, 6) is 0.707. The third-order valence-electron chi connectivity index (χ3n) is 7.10. The molecule has 7 rings (SSSR count). The number of aromatic nitrogens is 3. The lowest BCUT2D eigenvalue weighted by Gasteiger charge is -2.11. The molecular formula is C37H25N3. The monoisotopic (exact) mass is 511 g/mol. The lowest BCUT2D eigenvalue weighted by atomic mass is 10.00. The molecule has 2 heterocycles. The maximum Gasteiger partial charge on any atom is 0.160 e. The quantitative estimate of drug-likeness (QED) is 0.231. The van der Waals surface area contributed by atoms with Crippen molar-refractivity contribution in [3.05, 3.63) is 152 Å². The van der Waals surface area contributed by atoms with Gasteiger partial charge in [-0.05, 0) is 35.4 Å². The zero-order valence-electron chi connectivity index (χ0n) is 21.8. The zero-order chi connectivity index (χ0) is 26.7. The molecule has 0 bridgehead atoms. The maximum atomic E-state index is 4.99. The zero-order valence-corrected chi connectivity index (χ0v) is 21.8. The van der Waals surface area contributed by atoms with Crippen LogP contribution in [0.2, 0.25) is 0 Å². The van der Waals surface area contributed by atoms with Crippen molar-refractivity contribution >= 4 is 10.9 Å². The van der Waals surface area contributed by atoms with Crippen molar-refractivity contribution in [3.8, 4) is 56.3 Å². The third kappa shape index (κ3) is 4.77. The highest BCUT2D eigenvalue weighted by Crippen LogP contribution is 2.31. The van der Waals surface area contributed by atoms with E-state index in [1.165, 1.54) is 0 Å². The summed E-state index contributed by atoms with van der Waals surface area (Å²) in [5, 5.41) is 1.15. The van der Waals surface area contributed by atoms with Crippen molar-refractivity contribution in [2.45, 2.75) is 0 Å². The van der Waals surface area contributed by atoms with Gasteiger partial charge in [-0.2, -0.15) is 0 Å². The van der Waals surface area contributed by atoms with Crippen LogP contribution < -0.4 is 0 Å². The van der Waals surface area contributed by atoms with Crippen LogP contribution in [0, 0.1) is 0 Å². The fourth-order valence-corrected chi connectivity index (χ4v) is 4.99. The molecule has 0 aliphatic carbocycles. The van der Waals surface area contributed by atoms with Gasteiger partial charge in [0.15, 0.2) is 5.82 Å². The van der Waals surface area contributed by atoms with E-state index in [1.54, 1.807) is 0 Å². The Labute approximate surface area is 233 Å². The maximum absolute atomic E-state index is 4.99. The van der Waals surface area contributed by atoms with Crippen LogP contribution in [-0.4, -0.2) is 15.0 Å². The fraction of sp³-hybridized carbons (Fsp3) is 0. The van der Waals surface area contributed by atoms with Gasteiger partial charge >= 0.3 is 0 Å². The first-order valence-electron chi connectivity index (χ1n) is 13.4. The van der Waals surface area contributed by atoms with E-state index >= 15 is 0 Å². The number of hydrogen-bond donors (Lipinski definition) is 0. The van der Waals surface area contributed by atoms with Crippen molar-refractivity contribution in [3.63, 3.8) is 0 Å². The number of para-hydroxylation sites is 1. The molecule has 0 saturated carbocycles. The number of rotatable bonds is 5. The number of pyridine rings is 1. The summed E-state index contributed by atoms with van der Waals surface area (Å²) >= 11 is 0. The van der Waals surface area contributed by atoms with Crippen molar-refractivity contribution in [1.29, 1.82) is 0 Å². The normalized spacial score (nSPS) is 11.0. The summed E-state index contributed by atoms with van der Waals surface area (Å²) in [6.07, 6.45) is 0. The van der Waals surface area contributed by atoms with Gasteiger partial charge in [0.05, 0.1) is 22.6 Å². The van der Waals surface area contributed by atoms with E-state index in [-0.39, 0.29) is 0 Å². The van der Waals surface area contributed by atoms with E-state index < -0.39 is 0 Å². The molecule has 5 aromatic carbocycles. The summed E-state index contributed by atoms with van der Waals surface area (Å²) in [4.78, 5) is 14.8. The molecule has 7 aromatic rings. The number of hydrogen-bond acceptors (Lipinski definition) is 3. The summed E-state index contributed by atoms with van der Waals surface area (Å²) in [6.45, 7) is 0. The van der Waals surface area contributed by atoms with Gasteiger partial charge in [0.2, 0.25) is 0 Å². The first-order valence-corrected chi connectivity index (χ1v) is 13.4. The van der Waals surface area contributed by atoms with Crippen LogP contribution in [0.25, 0.3) is 67.2 Å². The first kappa shape index (κ1) is 23.7. The van der Waals surface area contributed by atoms with Crippen LogP contribution in [-0.2, 0) is 0 Å². The van der Waals surface area contributed by atoms with E-state index in [0.29, 0.717) is 5.82 Å². The molecule has 0 N–H and O–H groups in total. The lowest BCUT2D eigenvalue weighted by Crippen LogP contribution is -1.96. The van der Waals surface area contributed by atoms with Gasteiger partial charge in [-0.25, -0.2) is 15.0 Å². The second-order valence-corrected chi connectivity index (χ2v) is 9.74. The highest BCUT2D eigenvalue weighted by atomic mass is 14.9. The minimum Gasteiger partial charge on any atom is -0.248 e. The molecule has 0 unspecified atom stereocenters. The van der Waals surface area contributed by atoms with Crippen LogP contribution in [0.4, 0.5) is 0 Å². The molecule has 2 aromatic heterocycles. The Morgan fingerprint density at radius 3 is 1.55 bits per heavy atom. The topological polar surface area (TPSA) is 38.7 Å². The molecule has 0 amide bonds. The van der Waals surface area contributed by atoms with Crippen molar-refractivity contribution in [1.82, 2.24) is 15.0 Å². The van der Waals surface area contributed by atoms with Crippen LogP contribution in [0.5, 0.6) is 0 Å². The number of nitrogens with zero attached hydrogens (tertiary/aromatic N) is 3. The Morgan fingerprint density at radius 1 is 0.300 bits per heavy atom. The standard InChI is InChI=1S/C37H25N3/c1-3-10-27(11-4-1)35-25-36(28-12-5-2-6-13-28)40-37(39-35)32-16-9-15-31(24-32)26-18-20-30(21-19-26)34-23-22-29-14-7-8-17-33(29)38-34/h1-25H. The second-order valence-electron chi connectivity index (χ2n) is 9.74. The number of fused-ring (bicyclic) bond motifs is 1. The largest absolute Gasteiger partial charge is 0.248 e. The minimum atomic E-state index is 0.707. The van der Waals surface area contributed by atoms with Crippen LogP contribution >= 0.6 is 0 Å². The van der Waals surface area contributed by atoms with E-state index in [2.05, 4.69) is 103 Å². The van der Waals surface area contributed by atoms with Crippen molar-refractivity contribution in [2.75, 3.05) is 0 Å². The van der Waals surface area contributed by atoms with Gasteiger partial charge in [-0.3, -0.25) is 0 Å². The molecule has 0 aliphatic heterocycles. The molecule has 40 heavy (non-hydrogen) atoms. The van der Waals surface area contributed by atoms with Gasteiger partial charge < -0.3 is 0 Å². The predicted octanol–water partition coefficient (Wildman–Crippen LogP) is 9.36. The minimum absolute atomic E-state index is 0.707. The second kappa shape index (κ2) is 10.4. The van der Waals surface area contributed by atoms with E-state index in [4.69, 9.17) is 15.0 Å². The van der Waals surface area contributed by atoms with Gasteiger partial charge in [0, 0.05) is 27.6 Å². The van der Waals surface area contributed by atoms with Gasteiger partial charge in [-0.1, -0.05) is 127 Å². The van der Waals surface area contributed by atoms with Crippen LogP contribution in [0.15, 0.2) is 152 Å². The first-order chi connectivity index (χ1) is 19.8. The summed E-state index contributed by atoms with van der Waals surface area (Å²) in [5.41, 5.74) is 10.2. The van der Waals surface area contributed by atoms with E-state index in [9.17, 15) is 0 Å². The molecule has 0 saturated heterocycles. The Bertz CT molecular complexity index is 1870. The number of benzene rings is 5. The molecule has 0 spiro atoms. The molecule has 3 nitrogen and oxygen atoms in total. The van der Waals surface area contributed by atoms with Crippen LogP contribution in [0.1, 0.15) is 0 Å². The third-order valence-corrected chi connectivity index (χ3v) is 7.10. The van der Waals surface area contributed by atoms with E-state index in [0.717, 1.165) is 61.4 Å². The molecule has 0 atom stereocenters. The predicted molar refractivity (Wildman–Crippen MR) is 165 cm³/mol. The molecule has 0 fully saturated rings. The van der Waals surface area contributed by atoms with Gasteiger partial charge in [0.1, 0.15) is 0 Å². The highest BCUT2D eigenvalue weighted by molar-refractivity contribution is 5.82. The van der Waals surface area contributed by atoms with Crippen LogP contribution in [0.3, 0.4) is 0 Å². The van der Waals surface area contributed by atoms with Gasteiger partial charge in [0.25, 0.3) is 0 Å². The molecule has 0 aliphatic rings. The molecule has 0 radical (unpaired) electrons. The van der Waals surface area contributed by atoms with E-state index in [1.807, 2.05) is 48.5 Å². The average Bonchev–Trinajstić information content (AvgIpc) is 3.05. The molecule has 3 heteroatoms. The highest BCUT2D eigenvalue weighted by Gasteiger charge is 2.12. The Kier molecular flexibility index (Phi) is 6.15. The average molecular weight is 512 g/mol. The SMILES string of the molecule is c1ccc(-c2cc(-c3ccccc3)nc(-c3cccc(-c4ccc(-c5ccc6ccccc6n5)cc4)c3)n2)cc1. The van der Waals surface area contributed by atoms with Crippen molar-refractivity contribution < 1.29 is 0 Å². The fourth-order valence-electron chi connectivity index (χ4n) is 4.99.